The summed E-state index contributed by atoms with van der Waals surface area (Å²) in [5, 5.41) is 0. The van der Waals surface area contributed by atoms with Gasteiger partial charge in [-0.3, -0.25) is 4.79 Å². The maximum absolute atomic E-state index is 11.9. The fourth-order valence-electron chi connectivity index (χ4n) is 2.18. The van der Waals surface area contributed by atoms with Crippen molar-refractivity contribution < 1.29 is 4.79 Å². The molecule has 0 bridgehead atoms. The van der Waals surface area contributed by atoms with E-state index in [4.69, 9.17) is 0 Å². The van der Waals surface area contributed by atoms with Crippen LogP contribution in [-0.2, 0) is 4.79 Å². The first kappa shape index (κ1) is 12.6. The van der Waals surface area contributed by atoms with Crippen molar-refractivity contribution in [1.29, 1.82) is 0 Å². The minimum absolute atomic E-state index is 0.147. The summed E-state index contributed by atoms with van der Waals surface area (Å²) < 4.78 is 0. The van der Waals surface area contributed by atoms with Crippen molar-refractivity contribution in [3.63, 3.8) is 0 Å². The summed E-state index contributed by atoms with van der Waals surface area (Å²) in [6.45, 7) is 5.77. The van der Waals surface area contributed by atoms with Crippen LogP contribution in [0.15, 0.2) is 48.5 Å². The summed E-state index contributed by atoms with van der Waals surface area (Å²) in [6.07, 6.45) is 0. The van der Waals surface area contributed by atoms with Crippen molar-refractivity contribution in [2.45, 2.75) is 26.7 Å². The molecule has 0 heterocycles. The molecule has 2 aromatic rings. The van der Waals surface area contributed by atoms with E-state index in [1.807, 2.05) is 24.3 Å². The van der Waals surface area contributed by atoms with Gasteiger partial charge in [-0.1, -0.05) is 59.7 Å². The van der Waals surface area contributed by atoms with E-state index in [9.17, 15) is 4.79 Å². The highest BCUT2D eigenvalue weighted by Gasteiger charge is 2.18. The van der Waals surface area contributed by atoms with Crippen molar-refractivity contribution in [3.8, 4) is 0 Å². The summed E-state index contributed by atoms with van der Waals surface area (Å²) >= 11 is 0. The number of benzene rings is 2. The van der Waals surface area contributed by atoms with Crippen molar-refractivity contribution in [2.24, 2.45) is 0 Å². The zero-order chi connectivity index (χ0) is 13.1. The third-order valence-corrected chi connectivity index (χ3v) is 3.23. The maximum Gasteiger partial charge on any atom is 0.141 e. The standard InChI is InChI=1S/C17H18O/c1-12-4-8-15(9-5-12)17(14(3)18)16-10-6-13(2)7-11-16/h4-11,17H,1-3H3. The van der Waals surface area contributed by atoms with Crippen LogP contribution in [0.25, 0.3) is 0 Å². The number of rotatable bonds is 3. The van der Waals surface area contributed by atoms with Crippen molar-refractivity contribution in [3.05, 3.63) is 70.8 Å². The Labute approximate surface area is 108 Å². The second kappa shape index (κ2) is 5.18. The van der Waals surface area contributed by atoms with Crippen LogP contribution in [0.1, 0.15) is 35.1 Å². The van der Waals surface area contributed by atoms with Crippen LogP contribution in [-0.4, -0.2) is 5.78 Å². The number of aryl methyl sites for hydroxylation is 2. The molecule has 0 aromatic heterocycles. The third-order valence-electron chi connectivity index (χ3n) is 3.23. The van der Waals surface area contributed by atoms with Gasteiger partial charge in [-0.15, -0.1) is 0 Å². The van der Waals surface area contributed by atoms with E-state index in [1.54, 1.807) is 6.92 Å². The summed E-state index contributed by atoms with van der Waals surface area (Å²) in [5.41, 5.74) is 4.56. The van der Waals surface area contributed by atoms with Crippen LogP contribution in [0.4, 0.5) is 0 Å². The molecule has 2 aromatic carbocycles. The number of hydrogen-bond donors (Lipinski definition) is 0. The molecule has 0 N–H and O–H groups in total. The van der Waals surface area contributed by atoms with Crippen LogP contribution >= 0.6 is 0 Å². The lowest BCUT2D eigenvalue weighted by molar-refractivity contribution is -0.117. The molecule has 2 rings (SSSR count). The molecule has 0 fully saturated rings. The van der Waals surface area contributed by atoms with Gasteiger partial charge in [-0.05, 0) is 31.9 Å². The van der Waals surface area contributed by atoms with Gasteiger partial charge < -0.3 is 0 Å². The van der Waals surface area contributed by atoms with Gasteiger partial charge in [-0.25, -0.2) is 0 Å². The minimum atomic E-state index is -0.147. The van der Waals surface area contributed by atoms with Crippen molar-refractivity contribution in [1.82, 2.24) is 0 Å². The van der Waals surface area contributed by atoms with Gasteiger partial charge in [0.05, 0.1) is 5.92 Å². The molecule has 0 radical (unpaired) electrons. The summed E-state index contributed by atoms with van der Waals surface area (Å²) in [6, 6.07) is 16.4. The highest BCUT2D eigenvalue weighted by atomic mass is 16.1. The van der Waals surface area contributed by atoms with E-state index < -0.39 is 0 Å². The molecule has 0 atom stereocenters. The Morgan fingerprint density at radius 1 is 0.778 bits per heavy atom. The molecule has 0 spiro atoms. The highest BCUT2D eigenvalue weighted by Crippen LogP contribution is 2.26. The average molecular weight is 238 g/mol. The Morgan fingerprint density at radius 2 is 1.11 bits per heavy atom. The largest absolute Gasteiger partial charge is 0.299 e. The number of carbonyl (C=O) groups excluding carboxylic acids is 1. The third kappa shape index (κ3) is 2.67. The molecule has 0 saturated heterocycles. The zero-order valence-corrected chi connectivity index (χ0v) is 11.1. The molecule has 18 heavy (non-hydrogen) atoms. The molecule has 92 valence electrons. The lowest BCUT2D eigenvalue weighted by atomic mass is 9.87. The first-order chi connectivity index (χ1) is 8.58. The summed E-state index contributed by atoms with van der Waals surface area (Å²) in [4.78, 5) is 11.9. The topological polar surface area (TPSA) is 17.1 Å². The number of carbonyl (C=O) groups is 1. The molecule has 0 aliphatic carbocycles. The van der Waals surface area contributed by atoms with Gasteiger partial charge in [-0.2, -0.15) is 0 Å². The molecule has 0 unspecified atom stereocenters. The fourth-order valence-corrected chi connectivity index (χ4v) is 2.18. The first-order valence-corrected chi connectivity index (χ1v) is 6.21. The molecular formula is C17H18O. The predicted molar refractivity (Wildman–Crippen MR) is 74.9 cm³/mol. The normalized spacial score (nSPS) is 10.7. The summed E-state index contributed by atoms with van der Waals surface area (Å²) in [7, 11) is 0. The van der Waals surface area contributed by atoms with E-state index in [0.29, 0.717) is 0 Å². The van der Waals surface area contributed by atoms with Gasteiger partial charge >= 0.3 is 0 Å². The fraction of sp³-hybridized carbons (Fsp3) is 0.235. The maximum atomic E-state index is 11.9. The zero-order valence-electron chi connectivity index (χ0n) is 11.1. The Morgan fingerprint density at radius 3 is 1.39 bits per heavy atom. The molecule has 1 heteroatoms. The lowest BCUT2D eigenvalue weighted by Gasteiger charge is -2.15. The molecule has 0 amide bonds. The second-order valence-corrected chi connectivity index (χ2v) is 4.87. The first-order valence-electron chi connectivity index (χ1n) is 6.21. The second-order valence-electron chi connectivity index (χ2n) is 4.87. The minimum Gasteiger partial charge on any atom is -0.299 e. The average Bonchev–Trinajstić information content (AvgIpc) is 2.34. The van der Waals surface area contributed by atoms with E-state index in [1.165, 1.54) is 11.1 Å². The van der Waals surface area contributed by atoms with Gasteiger partial charge in [0.15, 0.2) is 0 Å². The molecule has 0 saturated carbocycles. The van der Waals surface area contributed by atoms with E-state index >= 15 is 0 Å². The van der Waals surface area contributed by atoms with Crippen LogP contribution in [0, 0.1) is 13.8 Å². The lowest BCUT2D eigenvalue weighted by Crippen LogP contribution is -2.10. The summed E-state index contributed by atoms with van der Waals surface area (Å²) in [5.74, 6) is 0.0360. The number of Topliss-reactive ketones (excluding diaryl/α,β-unsaturated/α-hetero) is 1. The van der Waals surface area contributed by atoms with Gasteiger partial charge in [0.2, 0.25) is 0 Å². The van der Waals surface area contributed by atoms with E-state index in [2.05, 4.69) is 38.1 Å². The van der Waals surface area contributed by atoms with Crippen LogP contribution in [0.2, 0.25) is 0 Å². The predicted octanol–water partition coefficient (Wildman–Crippen LogP) is 4.02. The Kier molecular flexibility index (Phi) is 3.61. The van der Waals surface area contributed by atoms with Crippen molar-refractivity contribution in [2.75, 3.05) is 0 Å². The molecular weight excluding hydrogens is 220 g/mol. The highest BCUT2D eigenvalue weighted by molar-refractivity contribution is 5.86. The Hall–Kier alpha value is -1.89. The smallest absolute Gasteiger partial charge is 0.141 e. The van der Waals surface area contributed by atoms with E-state index in [-0.39, 0.29) is 11.7 Å². The molecule has 0 aliphatic heterocycles. The van der Waals surface area contributed by atoms with E-state index in [0.717, 1.165) is 11.1 Å². The SMILES string of the molecule is CC(=O)C(c1ccc(C)cc1)c1ccc(C)cc1. The van der Waals surface area contributed by atoms with Crippen LogP contribution < -0.4 is 0 Å². The number of ketones is 1. The molecule has 1 nitrogen and oxygen atoms in total. The quantitative estimate of drug-likeness (QED) is 0.789. The monoisotopic (exact) mass is 238 g/mol. The van der Waals surface area contributed by atoms with Gasteiger partial charge in [0, 0.05) is 0 Å². The van der Waals surface area contributed by atoms with Crippen molar-refractivity contribution >= 4 is 5.78 Å². The molecule has 0 aliphatic rings. The van der Waals surface area contributed by atoms with Crippen LogP contribution in [0.5, 0.6) is 0 Å². The Balaban J connectivity index is 2.43. The number of hydrogen-bond acceptors (Lipinski definition) is 1. The van der Waals surface area contributed by atoms with Crippen LogP contribution in [0.3, 0.4) is 0 Å². The van der Waals surface area contributed by atoms with Gasteiger partial charge in [0.25, 0.3) is 0 Å². The Bertz CT molecular complexity index is 489. The van der Waals surface area contributed by atoms with Gasteiger partial charge in [0.1, 0.15) is 5.78 Å².